The molecule has 1 aromatic heterocycles. The molecule has 1 aromatic rings. The third kappa shape index (κ3) is 3.09. The van der Waals surface area contributed by atoms with Crippen molar-refractivity contribution < 1.29 is 14.6 Å². The summed E-state index contributed by atoms with van der Waals surface area (Å²) in [4.78, 5) is 10.4. The maximum Gasteiger partial charge on any atom is 0.311 e. The topological polar surface area (TPSA) is 90.1 Å². The van der Waals surface area contributed by atoms with Crippen LogP contribution in [-0.2, 0) is 22.5 Å². The molecule has 78 valence electrons. The highest BCUT2D eigenvalue weighted by Gasteiger charge is 2.09. The van der Waals surface area contributed by atoms with E-state index < -0.39 is 5.97 Å². The number of methoxy groups -OCH3 is 1. The van der Waals surface area contributed by atoms with Crippen molar-refractivity contribution in [2.45, 2.75) is 19.4 Å². The van der Waals surface area contributed by atoms with Gasteiger partial charge in [0.2, 0.25) is 0 Å². The molecule has 7 heteroatoms. The standard InChI is InChI=1S/C7H12N4O3/c1-14-4-2-3-11-6(5-7(12)13)8-9-10-11/h2-5H2,1H3,(H,12,13). The maximum atomic E-state index is 10.4. The Morgan fingerprint density at radius 1 is 1.64 bits per heavy atom. The largest absolute Gasteiger partial charge is 0.481 e. The van der Waals surface area contributed by atoms with E-state index in [2.05, 4.69) is 15.5 Å². The zero-order valence-electron chi connectivity index (χ0n) is 7.88. The van der Waals surface area contributed by atoms with E-state index in [1.807, 2.05) is 0 Å². The smallest absolute Gasteiger partial charge is 0.311 e. The molecule has 0 atom stereocenters. The minimum atomic E-state index is -0.937. The van der Waals surface area contributed by atoms with Gasteiger partial charge in [0.05, 0.1) is 0 Å². The summed E-state index contributed by atoms with van der Waals surface area (Å²) in [6.45, 7) is 1.18. The average Bonchev–Trinajstić information content (AvgIpc) is 2.52. The number of aromatic nitrogens is 4. The zero-order valence-corrected chi connectivity index (χ0v) is 7.88. The lowest BCUT2D eigenvalue weighted by Crippen LogP contribution is -2.11. The molecule has 0 radical (unpaired) electrons. The zero-order chi connectivity index (χ0) is 10.4. The number of aliphatic carboxylic acids is 1. The summed E-state index contributed by atoms with van der Waals surface area (Å²) in [6.07, 6.45) is 0.605. The van der Waals surface area contributed by atoms with E-state index in [9.17, 15) is 4.79 Å². The van der Waals surface area contributed by atoms with Crippen LogP contribution < -0.4 is 0 Å². The highest BCUT2D eigenvalue weighted by molar-refractivity contribution is 5.68. The van der Waals surface area contributed by atoms with E-state index in [0.29, 0.717) is 19.0 Å². The van der Waals surface area contributed by atoms with Crippen LogP contribution in [0.5, 0.6) is 0 Å². The average molecular weight is 200 g/mol. The Kier molecular flexibility index (Phi) is 3.99. The van der Waals surface area contributed by atoms with Crippen LogP contribution in [0, 0.1) is 0 Å². The van der Waals surface area contributed by atoms with Crippen molar-refractivity contribution >= 4 is 5.97 Å². The lowest BCUT2D eigenvalue weighted by molar-refractivity contribution is -0.136. The van der Waals surface area contributed by atoms with Gasteiger partial charge in [0.1, 0.15) is 6.42 Å². The van der Waals surface area contributed by atoms with Gasteiger partial charge < -0.3 is 9.84 Å². The van der Waals surface area contributed by atoms with Crippen LogP contribution in [0.4, 0.5) is 0 Å². The first-order valence-corrected chi connectivity index (χ1v) is 4.20. The quantitative estimate of drug-likeness (QED) is 0.613. The van der Waals surface area contributed by atoms with Crippen molar-refractivity contribution in [2.75, 3.05) is 13.7 Å². The second-order valence-electron chi connectivity index (χ2n) is 2.74. The second kappa shape index (κ2) is 5.28. The fraction of sp³-hybridized carbons (Fsp3) is 0.714. The number of carboxylic acids is 1. The van der Waals surface area contributed by atoms with Crippen LogP contribution in [0.1, 0.15) is 12.2 Å². The first kappa shape index (κ1) is 10.6. The number of carbonyl (C=O) groups is 1. The predicted octanol–water partition coefficient (Wildman–Crippen LogP) is -0.663. The highest BCUT2D eigenvalue weighted by Crippen LogP contribution is 1.96. The number of aryl methyl sites for hydroxylation is 1. The van der Waals surface area contributed by atoms with Gasteiger partial charge in [-0.05, 0) is 16.8 Å². The summed E-state index contributed by atoms with van der Waals surface area (Å²) < 4.78 is 6.34. The molecular formula is C7H12N4O3. The number of carboxylic acid groups (broad SMARTS) is 1. The van der Waals surface area contributed by atoms with Crippen molar-refractivity contribution in [3.8, 4) is 0 Å². The van der Waals surface area contributed by atoms with E-state index in [0.717, 1.165) is 6.42 Å². The van der Waals surface area contributed by atoms with Crippen LogP contribution in [0.3, 0.4) is 0 Å². The van der Waals surface area contributed by atoms with E-state index >= 15 is 0 Å². The summed E-state index contributed by atoms with van der Waals surface area (Å²) in [5.41, 5.74) is 0. The number of rotatable bonds is 6. The Bertz CT molecular complexity index is 299. The van der Waals surface area contributed by atoms with Crippen LogP contribution in [0.15, 0.2) is 0 Å². The van der Waals surface area contributed by atoms with Crippen LogP contribution in [-0.4, -0.2) is 45.0 Å². The Labute approximate surface area is 80.7 Å². The van der Waals surface area contributed by atoms with E-state index in [-0.39, 0.29) is 6.42 Å². The monoisotopic (exact) mass is 200 g/mol. The van der Waals surface area contributed by atoms with Gasteiger partial charge in [0.15, 0.2) is 5.82 Å². The molecule has 0 saturated carbocycles. The van der Waals surface area contributed by atoms with Crippen molar-refractivity contribution in [1.29, 1.82) is 0 Å². The second-order valence-corrected chi connectivity index (χ2v) is 2.74. The molecule has 0 unspecified atom stereocenters. The number of ether oxygens (including phenoxy) is 1. The highest BCUT2D eigenvalue weighted by atomic mass is 16.5. The summed E-state index contributed by atoms with van der Waals surface area (Å²) in [7, 11) is 1.61. The van der Waals surface area contributed by atoms with Crippen molar-refractivity contribution in [3.05, 3.63) is 5.82 Å². The van der Waals surface area contributed by atoms with Gasteiger partial charge in [-0.3, -0.25) is 4.79 Å². The normalized spacial score (nSPS) is 10.4. The third-order valence-corrected chi connectivity index (χ3v) is 1.63. The minimum Gasteiger partial charge on any atom is -0.481 e. The van der Waals surface area contributed by atoms with E-state index in [1.165, 1.54) is 4.68 Å². The molecule has 1 heterocycles. The van der Waals surface area contributed by atoms with Crippen LogP contribution in [0.2, 0.25) is 0 Å². The van der Waals surface area contributed by atoms with E-state index in [4.69, 9.17) is 9.84 Å². The number of hydrogen-bond donors (Lipinski definition) is 1. The van der Waals surface area contributed by atoms with Gasteiger partial charge in [-0.25, -0.2) is 4.68 Å². The summed E-state index contributed by atoms with van der Waals surface area (Å²) in [5.74, 6) is -0.568. The Morgan fingerprint density at radius 3 is 3.07 bits per heavy atom. The summed E-state index contributed by atoms with van der Waals surface area (Å²) >= 11 is 0. The molecule has 7 nitrogen and oxygen atoms in total. The fourth-order valence-corrected chi connectivity index (χ4v) is 1.02. The van der Waals surface area contributed by atoms with Gasteiger partial charge in [-0.15, -0.1) is 5.10 Å². The molecule has 0 amide bonds. The molecule has 1 rings (SSSR count). The first-order chi connectivity index (χ1) is 6.74. The summed E-state index contributed by atoms with van der Waals surface area (Å²) in [6, 6.07) is 0. The van der Waals surface area contributed by atoms with Gasteiger partial charge in [0.25, 0.3) is 0 Å². The van der Waals surface area contributed by atoms with Crippen molar-refractivity contribution in [2.24, 2.45) is 0 Å². The van der Waals surface area contributed by atoms with Gasteiger partial charge in [0, 0.05) is 20.3 Å². The minimum absolute atomic E-state index is 0.153. The molecule has 0 fully saturated rings. The molecule has 0 aromatic carbocycles. The molecule has 0 aliphatic rings. The Hall–Kier alpha value is -1.50. The molecule has 0 bridgehead atoms. The lowest BCUT2D eigenvalue weighted by Gasteiger charge is -2.01. The molecule has 0 saturated heterocycles. The molecule has 0 aliphatic heterocycles. The Balaban J connectivity index is 2.49. The maximum absolute atomic E-state index is 10.4. The van der Waals surface area contributed by atoms with Crippen molar-refractivity contribution in [1.82, 2.24) is 20.2 Å². The molecular weight excluding hydrogens is 188 g/mol. The first-order valence-electron chi connectivity index (χ1n) is 4.20. The third-order valence-electron chi connectivity index (χ3n) is 1.63. The predicted molar refractivity (Wildman–Crippen MR) is 45.6 cm³/mol. The lowest BCUT2D eigenvalue weighted by atomic mass is 10.4. The molecule has 0 aliphatic carbocycles. The SMILES string of the molecule is COCCCn1nnnc1CC(=O)O. The number of hydrogen-bond acceptors (Lipinski definition) is 5. The molecule has 14 heavy (non-hydrogen) atoms. The number of tetrazole rings is 1. The van der Waals surface area contributed by atoms with Crippen LogP contribution >= 0.6 is 0 Å². The van der Waals surface area contributed by atoms with Crippen molar-refractivity contribution in [3.63, 3.8) is 0 Å². The Morgan fingerprint density at radius 2 is 2.43 bits per heavy atom. The van der Waals surface area contributed by atoms with Gasteiger partial charge in [-0.1, -0.05) is 0 Å². The molecule has 1 N–H and O–H groups in total. The van der Waals surface area contributed by atoms with Gasteiger partial charge in [-0.2, -0.15) is 0 Å². The molecule has 0 spiro atoms. The van der Waals surface area contributed by atoms with Crippen LogP contribution in [0.25, 0.3) is 0 Å². The summed E-state index contributed by atoms with van der Waals surface area (Å²) in [5, 5.41) is 19.3. The fourth-order valence-electron chi connectivity index (χ4n) is 1.02. The number of nitrogens with zero attached hydrogens (tertiary/aromatic N) is 4. The van der Waals surface area contributed by atoms with Gasteiger partial charge >= 0.3 is 5.97 Å². The van der Waals surface area contributed by atoms with E-state index in [1.54, 1.807) is 7.11 Å².